The third-order valence-corrected chi connectivity index (χ3v) is 13.7. The summed E-state index contributed by atoms with van der Waals surface area (Å²) in [6.45, 7) is 17.9. The number of sulfonamides is 1. The summed E-state index contributed by atoms with van der Waals surface area (Å²) in [5.41, 5.74) is 13.0. The number of anilines is 2. The van der Waals surface area contributed by atoms with Gasteiger partial charge in [0.25, 0.3) is 15.9 Å². The molecule has 0 radical (unpaired) electrons. The number of piperazine rings is 1. The summed E-state index contributed by atoms with van der Waals surface area (Å²) < 4.78 is 47.1. The number of hydrogen-bond acceptors (Lipinski definition) is 10. The van der Waals surface area contributed by atoms with E-state index in [1.54, 1.807) is 18.5 Å². The van der Waals surface area contributed by atoms with Gasteiger partial charge in [-0.2, -0.15) is 0 Å². The highest BCUT2D eigenvalue weighted by molar-refractivity contribution is 7.90. The fraction of sp³-hybridized carbons (Fsp3) is 0.467. The number of allylic oxidation sites excluding steroid dienone is 2. The zero-order chi connectivity index (χ0) is 40.7. The summed E-state index contributed by atoms with van der Waals surface area (Å²) in [7, 11) is -4.31. The number of carbonyl (C=O) groups is 1. The number of nitrogens with two attached hydrogens (primary N) is 1. The van der Waals surface area contributed by atoms with Gasteiger partial charge in [-0.25, -0.2) is 18.1 Å². The Morgan fingerprint density at radius 2 is 1.86 bits per heavy atom. The second-order valence-corrected chi connectivity index (χ2v) is 19.3. The molecule has 4 heterocycles. The number of rotatable bonds is 14. The summed E-state index contributed by atoms with van der Waals surface area (Å²) in [5, 5.41) is 0.839. The van der Waals surface area contributed by atoms with Gasteiger partial charge < -0.3 is 29.8 Å². The molecule has 2 aliphatic carbocycles. The van der Waals surface area contributed by atoms with Gasteiger partial charge in [-0.3, -0.25) is 9.69 Å². The van der Waals surface area contributed by atoms with Crippen molar-refractivity contribution < 1.29 is 27.4 Å². The van der Waals surface area contributed by atoms with Crippen molar-refractivity contribution in [3.05, 3.63) is 89.8 Å². The molecule has 2 saturated heterocycles. The van der Waals surface area contributed by atoms with Gasteiger partial charge in [-0.05, 0) is 97.9 Å². The molecular weight excluding hydrogens is 753 g/mol. The molecule has 4 aromatic rings. The third kappa shape index (κ3) is 8.62. The lowest BCUT2D eigenvalue weighted by Crippen LogP contribution is -2.53. The molecule has 1 saturated carbocycles. The van der Waals surface area contributed by atoms with Crippen LogP contribution in [0, 0.1) is 16.7 Å². The average Bonchev–Trinajstić information content (AvgIpc) is 3.63. The summed E-state index contributed by atoms with van der Waals surface area (Å²) in [4.78, 5) is 26.0. The Kier molecular flexibility index (Phi) is 11.1. The zero-order valence-electron chi connectivity index (χ0n) is 33.9. The Hall–Kier alpha value is -4.85. The molecule has 0 atom stereocenters. The van der Waals surface area contributed by atoms with Gasteiger partial charge >= 0.3 is 0 Å². The van der Waals surface area contributed by atoms with Gasteiger partial charge in [0, 0.05) is 61.5 Å². The number of carbonyl (C=O) groups excluding carboxylic acids is 1. The van der Waals surface area contributed by atoms with Crippen molar-refractivity contribution in [1.29, 1.82) is 0 Å². The minimum atomic E-state index is -4.31. The third-order valence-electron chi connectivity index (χ3n) is 12.4. The quantitative estimate of drug-likeness (QED) is 0.108. The van der Waals surface area contributed by atoms with E-state index in [1.807, 2.05) is 24.3 Å². The van der Waals surface area contributed by atoms with Crippen LogP contribution in [0.2, 0.25) is 0 Å². The summed E-state index contributed by atoms with van der Waals surface area (Å²) in [5.74, 6) is 0.629. The van der Waals surface area contributed by atoms with Crippen molar-refractivity contribution in [3.63, 3.8) is 0 Å². The minimum Gasteiger partial charge on any atom is -0.491 e. The molecular formula is C45H56N6O6S. The molecule has 0 unspecified atom stereocenters. The van der Waals surface area contributed by atoms with Gasteiger partial charge in [-0.15, -0.1) is 0 Å². The van der Waals surface area contributed by atoms with Crippen molar-refractivity contribution in [2.75, 3.05) is 63.2 Å². The molecule has 13 heteroatoms. The molecule has 4 N–H and O–H groups in total. The van der Waals surface area contributed by atoms with Crippen molar-refractivity contribution in [1.82, 2.24) is 19.6 Å². The first-order chi connectivity index (χ1) is 27.8. The molecule has 1 spiro atoms. The molecule has 8 rings (SSSR count). The highest BCUT2D eigenvalue weighted by atomic mass is 32.2. The fourth-order valence-corrected chi connectivity index (χ4v) is 10.0. The number of ether oxygens (including phenoxy) is 3. The van der Waals surface area contributed by atoms with E-state index in [9.17, 15) is 13.2 Å². The van der Waals surface area contributed by atoms with Gasteiger partial charge in [0.05, 0.1) is 42.2 Å². The molecule has 2 aromatic heterocycles. The first-order valence-electron chi connectivity index (χ1n) is 20.6. The van der Waals surface area contributed by atoms with Crippen molar-refractivity contribution in [2.24, 2.45) is 16.7 Å². The van der Waals surface area contributed by atoms with Crippen LogP contribution in [-0.4, -0.2) is 81.7 Å². The maximum absolute atomic E-state index is 13.9. The van der Waals surface area contributed by atoms with Gasteiger partial charge in [0.1, 0.15) is 22.9 Å². The lowest BCUT2D eigenvalue weighted by atomic mass is 9.61. The highest BCUT2D eigenvalue weighted by Gasteiger charge is 2.49. The Balaban J connectivity index is 0.967. The Bertz CT molecular complexity index is 2330. The van der Waals surface area contributed by atoms with E-state index in [1.165, 1.54) is 41.3 Å². The van der Waals surface area contributed by atoms with Crippen LogP contribution in [0.25, 0.3) is 11.0 Å². The molecule has 58 heavy (non-hydrogen) atoms. The number of nitrogen functional groups attached to an aromatic ring is 1. The normalized spacial score (nSPS) is 19.5. The summed E-state index contributed by atoms with van der Waals surface area (Å²) in [6.07, 6.45) is 11.0. The van der Waals surface area contributed by atoms with Gasteiger partial charge in [-0.1, -0.05) is 44.9 Å². The number of fused-ring (bicyclic) bond motifs is 1. The first-order valence-corrected chi connectivity index (χ1v) is 22.1. The van der Waals surface area contributed by atoms with Crippen LogP contribution in [-0.2, 0) is 14.8 Å². The molecule has 1 amide bonds. The minimum absolute atomic E-state index is 0.0650. The van der Waals surface area contributed by atoms with E-state index in [4.69, 9.17) is 19.9 Å². The number of nitrogens with zero attached hydrogens (tertiary/aromatic N) is 3. The van der Waals surface area contributed by atoms with E-state index in [0.29, 0.717) is 40.5 Å². The Labute approximate surface area is 341 Å². The molecule has 12 nitrogen and oxygen atoms in total. The second-order valence-electron chi connectivity index (χ2n) is 17.6. The lowest BCUT2D eigenvalue weighted by molar-refractivity contribution is -0.182. The standard InChI is InChI=1S/C45H56N6O6S/c1-5-6-30(2)38-24-44(3,4)13-11-33(38)26-50-15-17-51(18-16-50)34-7-9-37(41(20-34)57-35-19-32-12-14-47-42(32)48-25-35)43(52)49-58(53,54)36-8-10-40(39(46)21-36)56-27-31-22-45(23-31)28-55-29-45/h7-10,12,14,19-21,25,31H,2,5-6,11,13,15-18,22-24,26-29,46H2,1,3-4H3,(H,47,48)(H,49,52). The smallest absolute Gasteiger partial charge is 0.268 e. The molecule has 2 aliphatic heterocycles. The van der Waals surface area contributed by atoms with E-state index in [2.05, 4.69) is 51.8 Å². The number of benzene rings is 2. The van der Waals surface area contributed by atoms with Gasteiger partial charge in [0.2, 0.25) is 0 Å². The van der Waals surface area contributed by atoms with Gasteiger partial charge in [0.15, 0.2) is 0 Å². The number of H-pyrrole nitrogens is 1. The predicted molar refractivity (Wildman–Crippen MR) is 227 cm³/mol. The van der Waals surface area contributed by atoms with Crippen LogP contribution < -0.4 is 24.8 Å². The average molecular weight is 809 g/mol. The van der Waals surface area contributed by atoms with Crippen molar-refractivity contribution in [3.8, 4) is 17.2 Å². The van der Waals surface area contributed by atoms with Crippen LogP contribution in [0.4, 0.5) is 11.4 Å². The van der Waals surface area contributed by atoms with E-state index in [-0.39, 0.29) is 21.9 Å². The Morgan fingerprint density at radius 1 is 1.07 bits per heavy atom. The van der Waals surface area contributed by atoms with Crippen LogP contribution >= 0.6 is 0 Å². The van der Waals surface area contributed by atoms with E-state index < -0.39 is 15.9 Å². The van der Waals surface area contributed by atoms with Crippen molar-refractivity contribution in [2.45, 2.75) is 70.6 Å². The second kappa shape index (κ2) is 16.1. The zero-order valence-corrected chi connectivity index (χ0v) is 34.8. The maximum Gasteiger partial charge on any atom is 0.268 e. The lowest BCUT2D eigenvalue weighted by Gasteiger charge is -2.53. The molecule has 2 aromatic carbocycles. The van der Waals surface area contributed by atoms with Crippen LogP contribution in [0.1, 0.15) is 76.1 Å². The Morgan fingerprint density at radius 3 is 2.59 bits per heavy atom. The van der Waals surface area contributed by atoms with E-state index in [0.717, 1.165) is 95.5 Å². The number of aromatic amines is 1. The summed E-state index contributed by atoms with van der Waals surface area (Å²) >= 11 is 0. The number of aromatic nitrogens is 2. The number of nitrogens with one attached hydrogen (secondary N) is 2. The number of pyridine rings is 1. The molecule has 3 fully saturated rings. The SMILES string of the molecule is C=C(CCC)C1=C(CN2CCN(c3ccc(C(=O)NS(=O)(=O)c4ccc(OCC5CC6(COC6)C5)c(N)c4)c(Oc4cnc5[nH]ccc5c4)c3)CC2)CCC(C)(C)C1. The van der Waals surface area contributed by atoms with E-state index >= 15 is 0 Å². The highest BCUT2D eigenvalue weighted by Crippen LogP contribution is 2.51. The predicted octanol–water partition coefficient (Wildman–Crippen LogP) is 7.85. The fourth-order valence-electron chi connectivity index (χ4n) is 9.03. The topological polar surface area (TPSA) is 152 Å². The molecule has 308 valence electrons. The maximum atomic E-state index is 13.9. The molecule has 4 aliphatic rings. The summed E-state index contributed by atoms with van der Waals surface area (Å²) in [6, 6.07) is 13.2. The van der Waals surface area contributed by atoms with Crippen molar-refractivity contribution >= 4 is 38.3 Å². The monoisotopic (exact) mass is 808 g/mol. The number of hydrogen-bond donors (Lipinski definition) is 3. The van der Waals surface area contributed by atoms with Crippen LogP contribution in [0.15, 0.2) is 89.1 Å². The molecule has 0 bridgehead atoms. The number of amides is 1. The van der Waals surface area contributed by atoms with Crippen LogP contribution in [0.3, 0.4) is 0 Å². The first kappa shape index (κ1) is 40.0. The van der Waals surface area contributed by atoms with Crippen LogP contribution in [0.5, 0.6) is 17.2 Å². The largest absolute Gasteiger partial charge is 0.491 e.